The van der Waals surface area contributed by atoms with Crippen molar-refractivity contribution in [1.29, 1.82) is 0 Å². The molecule has 6 nitrogen and oxygen atoms in total. The monoisotopic (exact) mass is 486 g/mol. The quantitative estimate of drug-likeness (QED) is 0.429. The van der Waals surface area contributed by atoms with Gasteiger partial charge in [0.1, 0.15) is 11.8 Å². The summed E-state index contributed by atoms with van der Waals surface area (Å²) in [4.78, 5) is 12.9. The van der Waals surface area contributed by atoms with Gasteiger partial charge in [0.05, 0.1) is 16.5 Å². The molecule has 3 aromatic rings. The van der Waals surface area contributed by atoms with Crippen molar-refractivity contribution in [2.24, 2.45) is 0 Å². The van der Waals surface area contributed by atoms with Crippen molar-refractivity contribution < 1.29 is 17.9 Å². The smallest absolute Gasteiger partial charge is 0.241 e. The highest BCUT2D eigenvalue weighted by molar-refractivity contribution is 7.89. The Hall–Kier alpha value is -2.87. The van der Waals surface area contributed by atoms with E-state index < -0.39 is 22.0 Å². The number of halogens is 1. The molecular weight excluding hydrogens is 460 g/mol. The van der Waals surface area contributed by atoms with Crippen LogP contribution in [0.2, 0.25) is 5.02 Å². The van der Waals surface area contributed by atoms with Crippen LogP contribution in [0.3, 0.4) is 0 Å². The largest absolute Gasteiger partial charge is 0.492 e. The molecule has 0 aliphatic rings. The average Bonchev–Trinajstić information content (AvgIpc) is 2.81. The molecule has 0 heterocycles. The molecule has 33 heavy (non-hydrogen) atoms. The topological polar surface area (TPSA) is 84.5 Å². The first kappa shape index (κ1) is 24.8. The van der Waals surface area contributed by atoms with E-state index in [1.165, 1.54) is 18.2 Å². The Morgan fingerprint density at radius 1 is 0.970 bits per heavy atom. The van der Waals surface area contributed by atoms with Crippen molar-refractivity contribution in [1.82, 2.24) is 10.0 Å². The normalized spacial score (nSPS) is 12.2. The summed E-state index contributed by atoms with van der Waals surface area (Å²) in [5.74, 6) is 0.00741. The zero-order valence-corrected chi connectivity index (χ0v) is 19.9. The highest BCUT2D eigenvalue weighted by Crippen LogP contribution is 2.27. The Balaban J connectivity index is 1.75. The van der Waals surface area contributed by atoms with Crippen molar-refractivity contribution >= 4 is 27.5 Å². The lowest BCUT2D eigenvalue weighted by atomic mass is 10.1. The molecule has 1 atom stereocenters. The van der Waals surface area contributed by atoms with Gasteiger partial charge in [-0.25, -0.2) is 8.42 Å². The molecule has 174 valence electrons. The first-order valence-electron chi connectivity index (χ1n) is 10.7. The van der Waals surface area contributed by atoms with Crippen LogP contribution in [0.15, 0.2) is 83.8 Å². The van der Waals surface area contributed by atoms with Crippen LogP contribution in [0.4, 0.5) is 0 Å². The zero-order valence-electron chi connectivity index (χ0n) is 18.3. The fourth-order valence-electron chi connectivity index (χ4n) is 3.31. The Morgan fingerprint density at radius 3 is 2.21 bits per heavy atom. The number of hydrogen-bond acceptors (Lipinski definition) is 4. The number of carbonyl (C=O) groups excluding carboxylic acids is 1. The lowest BCUT2D eigenvalue weighted by Crippen LogP contribution is -2.48. The van der Waals surface area contributed by atoms with Crippen molar-refractivity contribution in [3.05, 3.63) is 95.0 Å². The zero-order chi connectivity index (χ0) is 23.7. The van der Waals surface area contributed by atoms with Gasteiger partial charge in [-0.3, -0.25) is 4.79 Å². The number of carbonyl (C=O) groups is 1. The van der Waals surface area contributed by atoms with E-state index in [0.29, 0.717) is 25.3 Å². The van der Waals surface area contributed by atoms with Crippen LogP contribution in [0.25, 0.3) is 0 Å². The molecule has 3 aromatic carbocycles. The van der Waals surface area contributed by atoms with Gasteiger partial charge in [0, 0.05) is 6.54 Å². The van der Waals surface area contributed by atoms with Gasteiger partial charge >= 0.3 is 0 Å². The minimum Gasteiger partial charge on any atom is -0.492 e. The Kier molecular flexibility index (Phi) is 8.88. The van der Waals surface area contributed by atoms with Gasteiger partial charge in [-0.05, 0) is 49.1 Å². The summed E-state index contributed by atoms with van der Waals surface area (Å²) in [5.41, 5.74) is 1.93. The van der Waals surface area contributed by atoms with Crippen LogP contribution in [0, 0.1) is 0 Å². The number of amides is 1. The van der Waals surface area contributed by atoms with Gasteiger partial charge < -0.3 is 10.1 Å². The molecule has 2 N–H and O–H groups in total. The predicted molar refractivity (Wildman–Crippen MR) is 130 cm³/mol. The van der Waals surface area contributed by atoms with E-state index in [2.05, 4.69) is 10.0 Å². The molecule has 0 aliphatic carbocycles. The van der Waals surface area contributed by atoms with Crippen LogP contribution in [-0.2, 0) is 27.7 Å². The molecule has 0 saturated carbocycles. The first-order valence-corrected chi connectivity index (χ1v) is 12.6. The van der Waals surface area contributed by atoms with Gasteiger partial charge in [-0.2, -0.15) is 4.72 Å². The fraction of sp³-hybridized carbons (Fsp3) is 0.240. The van der Waals surface area contributed by atoms with Crippen LogP contribution in [0.5, 0.6) is 5.75 Å². The highest BCUT2D eigenvalue weighted by Gasteiger charge is 2.26. The maximum absolute atomic E-state index is 13.1. The maximum atomic E-state index is 13.1. The number of hydrogen-bond donors (Lipinski definition) is 2. The van der Waals surface area contributed by atoms with Crippen molar-refractivity contribution in [3.8, 4) is 5.75 Å². The number of ether oxygens (including phenoxy) is 1. The molecule has 0 aromatic heterocycles. The molecular formula is C25H27ClN2O4S. The Bertz CT molecular complexity index is 1160. The van der Waals surface area contributed by atoms with E-state index in [4.69, 9.17) is 16.3 Å². The molecule has 0 spiro atoms. The van der Waals surface area contributed by atoms with E-state index >= 15 is 0 Å². The lowest BCUT2D eigenvalue weighted by molar-refractivity contribution is -0.122. The molecule has 0 fully saturated rings. The summed E-state index contributed by atoms with van der Waals surface area (Å²) in [7, 11) is -4.01. The molecule has 3 rings (SSSR count). The molecule has 8 heteroatoms. The third-order valence-corrected chi connectivity index (χ3v) is 6.73. The molecule has 1 amide bonds. The third-order valence-electron chi connectivity index (χ3n) is 4.97. The third kappa shape index (κ3) is 7.32. The average molecular weight is 487 g/mol. The lowest BCUT2D eigenvalue weighted by Gasteiger charge is -2.19. The highest BCUT2D eigenvalue weighted by atomic mass is 35.5. The summed E-state index contributed by atoms with van der Waals surface area (Å²) in [5, 5.41) is 3.04. The molecule has 0 bridgehead atoms. The van der Waals surface area contributed by atoms with Gasteiger partial charge in [-0.15, -0.1) is 0 Å². The fourth-order valence-corrected chi connectivity index (χ4v) is 4.83. The van der Waals surface area contributed by atoms with Gasteiger partial charge in [-0.1, -0.05) is 72.3 Å². The number of nitrogens with one attached hydrogen (secondary N) is 2. The van der Waals surface area contributed by atoms with E-state index in [9.17, 15) is 13.2 Å². The standard InChI is InChI=1S/C25H27ClN2O4S/c1-2-32-24-14-13-21(18-22(24)26)33(30,31)28-23(17-20-11-7-4-8-12-20)25(29)27-16-15-19-9-5-3-6-10-19/h3-14,18,23,28H,2,15-17H2,1H3,(H,27,29)/t23-/m1/s1. The molecule has 0 aliphatic heterocycles. The predicted octanol–water partition coefficient (Wildman–Crippen LogP) is 3.99. The van der Waals surface area contributed by atoms with E-state index in [0.717, 1.165) is 11.1 Å². The van der Waals surface area contributed by atoms with Crippen LogP contribution in [-0.4, -0.2) is 33.5 Å². The van der Waals surface area contributed by atoms with Gasteiger partial charge in [0.25, 0.3) is 0 Å². The summed E-state index contributed by atoms with van der Waals surface area (Å²) >= 11 is 6.17. The second kappa shape index (κ2) is 11.8. The number of rotatable bonds is 11. The van der Waals surface area contributed by atoms with Crippen molar-refractivity contribution in [3.63, 3.8) is 0 Å². The van der Waals surface area contributed by atoms with E-state index in [1.54, 1.807) is 0 Å². The second-order valence-corrected chi connectivity index (χ2v) is 9.54. The molecule has 0 unspecified atom stereocenters. The number of benzene rings is 3. The van der Waals surface area contributed by atoms with Gasteiger partial charge in [0.2, 0.25) is 15.9 Å². The Morgan fingerprint density at radius 2 is 1.61 bits per heavy atom. The van der Waals surface area contributed by atoms with Crippen LogP contribution < -0.4 is 14.8 Å². The minimum absolute atomic E-state index is 0.0360. The van der Waals surface area contributed by atoms with E-state index in [-0.39, 0.29) is 16.3 Å². The van der Waals surface area contributed by atoms with Crippen LogP contribution >= 0.6 is 11.6 Å². The van der Waals surface area contributed by atoms with Crippen molar-refractivity contribution in [2.75, 3.05) is 13.2 Å². The summed E-state index contributed by atoms with van der Waals surface area (Å²) < 4.78 is 34.0. The molecule has 0 saturated heterocycles. The van der Waals surface area contributed by atoms with Gasteiger partial charge in [0.15, 0.2) is 0 Å². The maximum Gasteiger partial charge on any atom is 0.241 e. The van der Waals surface area contributed by atoms with Crippen LogP contribution in [0.1, 0.15) is 18.1 Å². The van der Waals surface area contributed by atoms with E-state index in [1.807, 2.05) is 67.6 Å². The Labute approximate surface area is 200 Å². The second-order valence-electron chi connectivity index (χ2n) is 7.42. The minimum atomic E-state index is -4.01. The molecule has 0 radical (unpaired) electrons. The summed E-state index contributed by atoms with van der Waals surface area (Å²) in [6, 6.07) is 22.3. The first-order chi connectivity index (χ1) is 15.9. The number of sulfonamides is 1. The summed E-state index contributed by atoms with van der Waals surface area (Å²) in [6.45, 7) is 2.62. The van der Waals surface area contributed by atoms with Crippen molar-refractivity contribution in [2.45, 2.75) is 30.7 Å². The summed E-state index contributed by atoms with van der Waals surface area (Å²) in [6.07, 6.45) is 0.855. The SMILES string of the molecule is CCOc1ccc(S(=O)(=O)N[C@H](Cc2ccccc2)C(=O)NCCc2ccccc2)cc1Cl.